The van der Waals surface area contributed by atoms with E-state index < -0.39 is 0 Å². The Morgan fingerprint density at radius 1 is 1.42 bits per heavy atom. The first kappa shape index (κ1) is 14.3. The van der Waals surface area contributed by atoms with Crippen LogP contribution in [0.1, 0.15) is 51.6 Å². The van der Waals surface area contributed by atoms with Crippen molar-refractivity contribution in [2.45, 2.75) is 52.1 Å². The highest BCUT2D eigenvalue weighted by Gasteiger charge is 2.35. The number of rotatable bonds is 4. The molecule has 106 valence electrons. The summed E-state index contributed by atoms with van der Waals surface area (Å²) in [7, 11) is 1.50. The van der Waals surface area contributed by atoms with Gasteiger partial charge in [-0.3, -0.25) is 0 Å². The second-order valence-electron chi connectivity index (χ2n) is 6.22. The number of benzene rings is 1. The number of ether oxygens (including phenoxy) is 1. The summed E-state index contributed by atoms with van der Waals surface area (Å²) in [6.45, 7) is 6.76. The molecule has 2 atom stereocenters. The van der Waals surface area contributed by atoms with E-state index in [4.69, 9.17) is 4.74 Å². The van der Waals surface area contributed by atoms with Crippen LogP contribution < -0.4 is 10.1 Å². The first-order valence-electron chi connectivity index (χ1n) is 7.03. The minimum Gasteiger partial charge on any atom is -0.494 e. The molecule has 2 rings (SSSR count). The number of nitrogens with one attached hydrogen (secondary N) is 1. The zero-order valence-electron chi connectivity index (χ0n) is 12.3. The van der Waals surface area contributed by atoms with Gasteiger partial charge in [0, 0.05) is 12.1 Å². The number of hydrogen-bond donors (Lipinski definition) is 1. The Morgan fingerprint density at radius 3 is 2.74 bits per heavy atom. The van der Waals surface area contributed by atoms with Crippen LogP contribution in [0.4, 0.5) is 4.39 Å². The highest BCUT2D eigenvalue weighted by Crippen LogP contribution is 2.38. The maximum atomic E-state index is 13.4. The zero-order chi connectivity index (χ0) is 14.0. The third-order valence-corrected chi connectivity index (χ3v) is 4.38. The molecule has 0 amide bonds. The van der Waals surface area contributed by atoms with Gasteiger partial charge in [0.25, 0.3) is 0 Å². The summed E-state index contributed by atoms with van der Waals surface area (Å²) in [6.07, 6.45) is 3.77. The lowest BCUT2D eigenvalue weighted by Crippen LogP contribution is -2.39. The van der Waals surface area contributed by atoms with Gasteiger partial charge in [0.05, 0.1) is 7.11 Å². The zero-order valence-corrected chi connectivity index (χ0v) is 12.3. The van der Waals surface area contributed by atoms with Crippen LogP contribution in [0.3, 0.4) is 0 Å². The fourth-order valence-electron chi connectivity index (χ4n) is 2.98. The normalized spacial score (nSPS) is 23.3. The average Bonchev–Trinajstić information content (AvgIpc) is 2.69. The third-order valence-electron chi connectivity index (χ3n) is 4.38. The van der Waals surface area contributed by atoms with Gasteiger partial charge in [-0.1, -0.05) is 26.3 Å². The van der Waals surface area contributed by atoms with E-state index in [9.17, 15) is 4.39 Å². The predicted octanol–water partition coefficient (Wildman–Crippen LogP) is 4.06. The van der Waals surface area contributed by atoms with Crippen LogP contribution in [0, 0.1) is 11.2 Å². The standard InChI is InChI=1S/C16H24FNO/c1-11(18-15-6-5-9-16(15,2)3)12-7-8-13(17)14(10-12)19-4/h7-8,10-11,15,18H,5-6,9H2,1-4H3. The van der Waals surface area contributed by atoms with Crippen molar-refractivity contribution in [3.05, 3.63) is 29.6 Å². The van der Waals surface area contributed by atoms with Crippen LogP contribution >= 0.6 is 0 Å². The molecule has 3 heteroatoms. The monoisotopic (exact) mass is 265 g/mol. The van der Waals surface area contributed by atoms with Crippen molar-refractivity contribution in [2.24, 2.45) is 5.41 Å². The van der Waals surface area contributed by atoms with Crippen LogP contribution in [0.25, 0.3) is 0 Å². The summed E-state index contributed by atoms with van der Waals surface area (Å²) in [5, 5.41) is 3.68. The summed E-state index contributed by atoms with van der Waals surface area (Å²) in [5.41, 5.74) is 1.42. The Hall–Kier alpha value is -1.09. The quantitative estimate of drug-likeness (QED) is 0.886. The first-order valence-corrected chi connectivity index (χ1v) is 7.03. The minimum atomic E-state index is -0.306. The van der Waals surface area contributed by atoms with E-state index in [2.05, 4.69) is 26.1 Å². The van der Waals surface area contributed by atoms with E-state index in [1.54, 1.807) is 6.07 Å². The average molecular weight is 265 g/mol. The van der Waals surface area contributed by atoms with Crippen LogP contribution in [-0.4, -0.2) is 13.2 Å². The molecular weight excluding hydrogens is 241 g/mol. The van der Waals surface area contributed by atoms with Gasteiger partial charge in [0.1, 0.15) is 0 Å². The third kappa shape index (κ3) is 3.08. The molecule has 1 aliphatic rings. The summed E-state index contributed by atoms with van der Waals surface area (Å²) in [6, 6.07) is 5.83. The van der Waals surface area contributed by atoms with Gasteiger partial charge < -0.3 is 10.1 Å². The highest BCUT2D eigenvalue weighted by atomic mass is 19.1. The molecule has 0 aromatic heterocycles. The Morgan fingerprint density at radius 2 is 2.16 bits per heavy atom. The van der Waals surface area contributed by atoms with Crippen LogP contribution in [0.2, 0.25) is 0 Å². The molecule has 1 fully saturated rings. The lowest BCUT2D eigenvalue weighted by Gasteiger charge is -2.31. The van der Waals surface area contributed by atoms with Gasteiger partial charge in [-0.05, 0) is 42.9 Å². The molecule has 1 saturated carbocycles. The second kappa shape index (κ2) is 5.49. The second-order valence-corrected chi connectivity index (χ2v) is 6.22. The van der Waals surface area contributed by atoms with Gasteiger partial charge in [0.15, 0.2) is 11.6 Å². The lowest BCUT2D eigenvalue weighted by molar-refractivity contribution is 0.266. The van der Waals surface area contributed by atoms with E-state index in [-0.39, 0.29) is 11.9 Å². The van der Waals surface area contributed by atoms with Gasteiger partial charge in [-0.15, -0.1) is 0 Å². The number of halogens is 1. The van der Waals surface area contributed by atoms with E-state index in [0.29, 0.717) is 17.2 Å². The molecule has 0 bridgehead atoms. The van der Waals surface area contributed by atoms with Gasteiger partial charge in [-0.25, -0.2) is 4.39 Å². The number of hydrogen-bond acceptors (Lipinski definition) is 2. The summed E-state index contributed by atoms with van der Waals surface area (Å²) in [5.74, 6) is 0.0106. The Kier molecular flexibility index (Phi) is 4.14. The topological polar surface area (TPSA) is 21.3 Å². The van der Waals surface area contributed by atoms with Crippen molar-refractivity contribution in [1.29, 1.82) is 0 Å². The molecule has 1 aromatic rings. The molecule has 19 heavy (non-hydrogen) atoms. The number of methoxy groups -OCH3 is 1. The van der Waals surface area contributed by atoms with Crippen LogP contribution in [0.15, 0.2) is 18.2 Å². The van der Waals surface area contributed by atoms with Gasteiger partial charge in [0.2, 0.25) is 0 Å². The minimum absolute atomic E-state index is 0.205. The van der Waals surface area contributed by atoms with Crippen LogP contribution in [0.5, 0.6) is 5.75 Å². The largest absolute Gasteiger partial charge is 0.494 e. The maximum absolute atomic E-state index is 13.4. The van der Waals surface area contributed by atoms with E-state index in [1.165, 1.54) is 32.4 Å². The van der Waals surface area contributed by atoms with Gasteiger partial charge >= 0.3 is 0 Å². The molecule has 0 saturated heterocycles. The van der Waals surface area contributed by atoms with Crippen molar-refractivity contribution in [3.8, 4) is 5.75 Å². The summed E-state index contributed by atoms with van der Waals surface area (Å²) in [4.78, 5) is 0. The molecule has 2 nitrogen and oxygen atoms in total. The fraction of sp³-hybridized carbons (Fsp3) is 0.625. The molecule has 0 heterocycles. The smallest absolute Gasteiger partial charge is 0.165 e. The van der Waals surface area contributed by atoms with Crippen LogP contribution in [-0.2, 0) is 0 Å². The van der Waals surface area contributed by atoms with Crippen molar-refractivity contribution in [1.82, 2.24) is 5.32 Å². The lowest BCUT2D eigenvalue weighted by atomic mass is 9.86. The molecule has 0 aliphatic heterocycles. The molecule has 2 unspecified atom stereocenters. The molecular formula is C16H24FNO. The molecule has 1 aromatic carbocycles. The SMILES string of the molecule is COc1cc(C(C)NC2CCCC2(C)C)ccc1F. The van der Waals surface area contributed by atoms with Crippen molar-refractivity contribution < 1.29 is 9.13 Å². The Balaban J connectivity index is 2.09. The molecule has 0 radical (unpaired) electrons. The van der Waals surface area contributed by atoms with E-state index >= 15 is 0 Å². The maximum Gasteiger partial charge on any atom is 0.165 e. The summed E-state index contributed by atoms with van der Waals surface area (Å²) < 4.78 is 18.5. The van der Waals surface area contributed by atoms with Crippen molar-refractivity contribution >= 4 is 0 Å². The molecule has 1 N–H and O–H groups in total. The van der Waals surface area contributed by atoms with Gasteiger partial charge in [-0.2, -0.15) is 0 Å². The predicted molar refractivity (Wildman–Crippen MR) is 75.9 cm³/mol. The summed E-state index contributed by atoms with van der Waals surface area (Å²) >= 11 is 0. The van der Waals surface area contributed by atoms with Crippen molar-refractivity contribution in [2.75, 3.05) is 7.11 Å². The highest BCUT2D eigenvalue weighted by molar-refractivity contribution is 5.32. The fourth-order valence-corrected chi connectivity index (χ4v) is 2.98. The van der Waals surface area contributed by atoms with Crippen molar-refractivity contribution in [3.63, 3.8) is 0 Å². The Bertz CT molecular complexity index is 444. The van der Waals surface area contributed by atoms with E-state index in [1.807, 2.05) is 6.07 Å². The first-order chi connectivity index (χ1) is 8.94. The van der Waals surface area contributed by atoms with E-state index in [0.717, 1.165) is 5.56 Å². The molecule has 0 spiro atoms. The molecule has 1 aliphatic carbocycles. The Labute approximate surface area is 115 Å².